The molecule has 1 heterocycles. The molecule has 2 aliphatic rings. The van der Waals surface area contributed by atoms with Gasteiger partial charge in [0.1, 0.15) is 0 Å². The highest BCUT2D eigenvalue weighted by molar-refractivity contribution is 5.87. The maximum Gasteiger partial charge on any atom is 0.310 e. The van der Waals surface area contributed by atoms with Crippen molar-refractivity contribution in [3.8, 4) is 0 Å². The van der Waals surface area contributed by atoms with Crippen molar-refractivity contribution in [1.82, 2.24) is 0 Å². The molecule has 5 nitrogen and oxygen atoms in total. The highest BCUT2D eigenvalue weighted by Gasteiger charge is 2.63. The van der Waals surface area contributed by atoms with E-state index in [1.54, 1.807) is 6.92 Å². The van der Waals surface area contributed by atoms with Crippen LogP contribution in [-0.4, -0.2) is 34.9 Å². The Balaban J connectivity index is 2.44. The van der Waals surface area contributed by atoms with E-state index in [-0.39, 0.29) is 12.0 Å². The first-order chi connectivity index (χ1) is 8.34. The van der Waals surface area contributed by atoms with Gasteiger partial charge in [0, 0.05) is 0 Å². The van der Waals surface area contributed by atoms with E-state index < -0.39 is 22.8 Å². The van der Waals surface area contributed by atoms with Crippen molar-refractivity contribution in [2.75, 3.05) is 6.61 Å². The van der Waals surface area contributed by atoms with E-state index in [0.717, 1.165) is 12.8 Å². The van der Waals surface area contributed by atoms with Gasteiger partial charge >= 0.3 is 11.9 Å². The van der Waals surface area contributed by atoms with Gasteiger partial charge in [-0.2, -0.15) is 0 Å². The van der Waals surface area contributed by atoms with E-state index in [2.05, 4.69) is 0 Å². The fourth-order valence-electron chi connectivity index (χ4n) is 3.45. The molecule has 2 fully saturated rings. The van der Waals surface area contributed by atoms with E-state index >= 15 is 0 Å². The minimum absolute atomic E-state index is 0.0786. The number of aliphatic carboxylic acids is 2. The third-order valence-electron chi connectivity index (χ3n) is 5.05. The van der Waals surface area contributed by atoms with Crippen LogP contribution in [0.1, 0.15) is 39.5 Å². The van der Waals surface area contributed by atoms with Crippen LogP contribution in [0.5, 0.6) is 0 Å². The molecule has 0 spiro atoms. The molecular weight excluding hydrogens is 236 g/mol. The Morgan fingerprint density at radius 2 is 1.94 bits per heavy atom. The Labute approximate surface area is 106 Å². The van der Waals surface area contributed by atoms with Crippen LogP contribution < -0.4 is 0 Å². The number of epoxide rings is 1. The van der Waals surface area contributed by atoms with Gasteiger partial charge in [-0.3, -0.25) is 9.59 Å². The molecule has 1 aliphatic carbocycles. The van der Waals surface area contributed by atoms with E-state index in [1.807, 2.05) is 6.92 Å². The van der Waals surface area contributed by atoms with Crippen LogP contribution in [0, 0.1) is 16.7 Å². The molecule has 18 heavy (non-hydrogen) atoms. The summed E-state index contributed by atoms with van der Waals surface area (Å²) in [6, 6.07) is 0. The number of rotatable bonds is 4. The zero-order valence-electron chi connectivity index (χ0n) is 10.8. The van der Waals surface area contributed by atoms with Crippen molar-refractivity contribution >= 4 is 11.9 Å². The number of hydrogen-bond donors (Lipinski definition) is 2. The number of hydrogen-bond acceptors (Lipinski definition) is 3. The number of carboxylic acids is 2. The summed E-state index contributed by atoms with van der Waals surface area (Å²) in [5.41, 5.74) is -2.42. The highest BCUT2D eigenvalue weighted by Crippen LogP contribution is 2.57. The average molecular weight is 256 g/mol. The molecule has 0 bridgehead atoms. The molecule has 0 aromatic heterocycles. The fourth-order valence-corrected chi connectivity index (χ4v) is 3.45. The molecule has 0 amide bonds. The predicted molar refractivity (Wildman–Crippen MR) is 63.2 cm³/mol. The third kappa shape index (κ3) is 1.72. The van der Waals surface area contributed by atoms with Gasteiger partial charge < -0.3 is 14.9 Å². The molecule has 0 aromatic carbocycles. The molecule has 0 aromatic rings. The van der Waals surface area contributed by atoms with Crippen LogP contribution in [-0.2, 0) is 14.3 Å². The fraction of sp³-hybridized carbons (Fsp3) is 0.846. The molecule has 1 saturated carbocycles. The summed E-state index contributed by atoms with van der Waals surface area (Å²) in [6.45, 7) is 3.99. The van der Waals surface area contributed by atoms with Gasteiger partial charge in [-0.05, 0) is 32.1 Å². The minimum atomic E-state index is -1.22. The molecule has 2 N–H and O–H groups in total. The molecule has 102 valence electrons. The van der Waals surface area contributed by atoms with Crippen molar-refractivity contribution in [2.24, 2.45) is 16.7 Å². The van der Waals surface area contributed by atoms with Crippen molar-refractivity contribution < 1.29 is 24.5 Å². The van der Waals surface area contributed by atoms with Crippen molar-refractivity contribution in [3.63, 3.8) is 0 Å². The van der Waals surface area contributed by atoms with Crippen LogP contribution in [0.15, 0.2) is 0 Å². The van der Waals surface area contributed by atoms with Crippen LogP contribution >= 0.6 is 0 Å². The Morgan fingerprint density at radius 1 is 1.33 bits per heavy atom. The lowest BCUT2D eigenvalue weighted by Crippen LogP contribution is -2.57. The van der Waals surface area contributed by atoms with E-state index in [4.69, 9.17) is 4.74 Å². The molecule has 4 unspecified atom stereocenters. The number of carbonyl (C=O) groups is 2. The molecule has 2 rings (SSSR count). The Morgan fingerprint density at radius 3 is 2.39 bits per heavy atom. The lowest BCUT2D eigenvalue weighted by atomic mass is 9.51. The second kappa shape index (κ2) is 4.23. The minimum Gasteiger partial charge on any atom is -0.481 e. The molecule has 1 saturated heterocycles. The summed E-state index contributed by atoms with van der Waals surface area (Å²) in [4.78, 5) is 23.5. The van der Waals surface area contributed by atoms with Crippen molar-refractivity contribution in [3.05, 3.63) is 0 Å². The van der Waals surface area contributed by atoms with Crippen LogP contribution in [0.2, 0.25) is 0 Å². The summed E-state index contributed by atoms with van der Waals surface area (Å²) in [5.74, 6) is -2.13. The maximum atomic E-state index is 11.8. The zero-order valence-corrected chi connectivity index (χ0v) is 10.8. The standard InChI is InChI=1S/C13H20O5/c1-8-4-3-5-13(11(16)17,6-9-7-18-9)12(8,2)10(14)15/h8-9H,3-7H2,1-2H3,(H,14,15)(H,16,17). The Bertz CT molecular complexity index is 376. The van der Waals surface area contributed by atoms with E-state index in [1.165, 1.54) is 0 Å². The maximum absolute atomic E-state index is 11.8. The zero-order chi connectivity index (χ0) is 13.6. The lowest BCUT2D eigenvalue weighted by molar-refractivity contribution is -0.185. The summed E-state index contributed by atoms with van der Waals surface area (Å²) in [5, 5.41) is 19.2. The summed E-state index contributed by atoms with van der Waals surface area (Å²) in [6.07, 6.45) is 2.20. The first-order valence-corrected chi connectivity index (χ1v) is 6.43. The summed E-state index contributed by atoms with van der Waals surface area (Å²) >= 11 is 0. The highest BCUT2D eigenvalue weighted by atomic mass is 16.6. The first-order valence-electron chi connectivity index (χ1n) is 6.43. The first kappa shape index (κ1) is 13.3. The number of ether oxygens (including phenoxy) is 1. The van der Waals surface area contributed by atoms with Gasteiger partial charge in [0.15, 0.2) is 0 Å². The Hall–Kier alpha value is -1.10. The van der Waals surface area contributed by atoms with Gasteiger partial charge in [0.2, 0.25) is 0 Å². The van der Waals surface area contributed by atoms with Crippen molar-refractivity contribution in [1.29, 1.82) is 0 Å². The van der Waals surface area contributed by atoms with Crippen molar-refractivity contribution in [2.45, 2.75) is 45.6 Å². The second-order valence-corrected chi connectivity index (χ2v) is 5.85. The molecule has 1 aliphatic heterocycles. The van der Waals surface area contributed by atoms with E-state index in [9.17, 15) is 19.8 Å². The topological polar surface area (TPSA) is 87.1 Å². The molecule has 4 atom stereocenters. The Kier molecular flexibility index (Phi) is 3.13. The average Bonchev–Trinajstić information content (AvgIpc) is 3.08. The lowest BCUT2D eigenvalue weighted by Gasteiger charge is -2.49. The quantitative estimate of drug-likeness (QED) is 0.748. The van der Waals surface area contributed by atoms with Crippen LogP contribution in [0.3, 0.4) is 0 Å². The summed E-state index contributed by atoms with van der Waals surface area (Å²) in [7, 11) is 0. The number of carboxylic acid groups (broad SMARTS) is 2. The second-order valence-electron chi connectivity index (χ2n) is 5.85. The molecular formula is C13H20O5. The van der Waals surface area contributed by atoms with Gasteiger partial charge in [0.25, 0.3) is 0 Å². The molecule has 0 radical (unpaired) electrons. The van der Waals surface area contributed by atoms with E-state index in [0.29, 0.717) is 19.4 Å². The van der Waals surface area contributed by atoms with Crippen LogP contribution in [0.4, 0.5) is 0 Å². The van der Waals surface area contributed by atoms with Crippen LogP contribution in [0.25, 0.3) is 0 Å². The summed E-state index contributed by atoms with van der Waals surface area (Å²) < 4.78 is 5.14. The van der Waals surface area contributed by atoms with Gasteiger partial charge in [-0.15, -0.1) is 0 Å². The largest absolute Gasteiger partial charge is 0.481 e. The monoisotopic (exact) mass is 256 g/mol. The SMILES string of the molecule is CC1CCCC(CC2CO2)(C(=O)O)C1(C)C(=O)O. The van der Waals surface area contributed by atoms with Gasteiger partial charge in [-0.25, -0.2) is 0 Å². The van der Waals surface area contributed by atoms with Gasteiger partial charge in [0.05, 0.1) is 23.5 Å². The third-order valence-corrected chi connectivity index (χ3v) is 5.05. The normalized spacial score (nSPS) is 43.4. The molecule has 5 heteroatoms. The smallest absolute Gasteiger partial charge is 0.310 e. The van der Waals surface area contributed by atoms with Gasteiger partial charge in [-0.1, -0.05) is 13.3 Å². The predicted octanol–water partition coefficient (Wildman–Crippen LogP) is 1.76.